The second-order valence-electron chi connectivity index (χ2n) is 7.59. The predicted molar refractivity (Wildman–Crippen MR) is 109 cm³/mol. The molecule has 3 atom stereocenters. The normalized spacial score (nSPS) is 23.3. The van der Waals surface area contributed by atoms with E-state index in [1.807, 2.05) is 61.5 Å². The number of benzene rings is 2. The van der Waals surface area contributed by atoms with Crippen LogP contribution in [0.25, 0.3) is 0 Å². The Balaban J connectivity index is 1.39. The second kappa shape index (κ2) is 7.95. The summed E-state index contributed by atoms with van der Waals surface area (Å²) in [5.41, 5.74) is 2.77. The van der Waals surface area contributed by atoms with Crippen molar-refractivity contribution in [3.63, 3.8) is 0 Å². The fourth-order valence-corrected chi connectivity index (χ4v) is 3.99. The van der Waals surface area contributed by atoms with Crippen LogP contribution in [0.15, 0.2) is 54.6 Å². The molecule has 4 rings (SSSR count). The van der Waals surface area contributed by atoms with Crippen molar-refractivity contribution in [2.75, 3.05) is 11.9 Å². The van der Waals surface area contributed by atoms with Gasteiger partial charge in [-0.25, -0.2) is 4.79 Å². The number of anilines is 1. The molecule has 0 radical (unpaired) electrons. The molecule has 0 saturated carbocycles. The van der Waals surface area contributed by atoms with Crippen molar-refractivity contribution in [2.45, 2.75) is 37.9 Å². The van der Waals surface area contributed by atoms with Crippen LogP contribution >= 0.6 is 0 Å². The zero-order chi connectivity index (χ0) is 20.4. The summed E-state index contributed by atoms with van der Waals surface area (Å²) in [5, 5.41) is 8.47. The van der Waals surface area contributed by atoms with Gasteiger partial charge in [-0.15, -0.1) is 0 Å². The van der Waals surface area contributed by atoms with Gasteiger partial charge in [0.1, 0.15) is 12.1 Å². The number of carbonyl (C=O) groups is 3. The van der Waals surface area contributed by atoms with Crippen LogP contribution in [-0.2, 0) is 16.0 Å². The van der Waals surface area contributed by atoms with E-state index >= 15 is 0 Å². The van der Waals surface area contributed by atoms with Gasteiger partial charge in [0.25, 0.3) is 0 Å². The molecule has 0 aliphatic carbocycles. The molecule has 150 valence electrons. The van der Waals surface area contributed by atoms with Crippen LogP contribution in [0.3, 0.4) is 0 Å². The number of amides is 4. The van der Waals surface area contributed by atoms with Crippen molar-refractivity contribution in [3.05, 3.63) is 65.7 Å². The molecular formula is C22H24N4O3. The Morgan fingerprint density at radius 2 is 1.83 bits per heavy atom. The molecule has 7 heteroatoms. The van der Waals surface area contributed by atoms with E-state index in [1.165, 1.54) is 0 Å². The third kappa shape index (κ3) is 4.08. The standard InChI is InChI=1S/C22H24N4O3/c1-14-7-9-16(10-8-14)23-22(29)25-17-11-12-26-19(17)20(27)24-18(21(26)28)13-15-5-3-2-4-6-15/h2-10,17-19H,11-13H2,1H3,(H,24,27)(H2,23,25,29)/t17-,18+,19-/m0/s1. The summed E-state index contributed by atoms with van der Waals surface area (Å²) in [5.74, 6) is -0.314. The fraction of sp³-hybridized carbons (Fsp3) is 0.318. The van der Waals surface area contributed by atoms with Gasteiger partial charge < -0.3 is 20.9 Å². The number of aryl methyl sites for hydroxylation is 1. The predicted octanol–water partition coefficient (Wildman–Crippen LogP) is 1.83. The Morgan fingerprint density at radius 3 is 2.55 bits per heavy atom. The van der Waals surface area contributed by atoms with Crippen LogP contribution in [0.1, 0.15) is 17.5 Å². The monoisotopic (exact) mass is 392 g/mol. The average Bonchev–Trinajstić information content (AvgIpc) is 3.13. The van der Waals surface area contributed by atoms with Crippen molar-refractivity contribution in [1.29, 1.82) is 0 Å². The first-order valence-electron chi connectivity index (χ1n) is 9.80. The summed E-state index contributed by atoms with van der Waals surface area (Å²) < 4.78 is 0. The Labute approximate surface area is 169 Å². The van der Waals surface area contributed by atoms with Gasteiger partial charge in [-0.05, 0) is 31.0 Å². The number of rotatable bonds is 4. The molecule has 2 heterocycles. The largest absolute Gasteiger partial charge is 0.342 e. The minimum absolute atomic E-state index is 0.0957. The van der Waals surface area contributed by atoms with Crippen LogP contribution in [0.4, 0.5) is 10.5 Å². The van der Waals surface area contributed by atoms with E-state index in [2.05, 4.69) is 16.0 Å². The van der Waals surface area contributed by atoms with E-state index in [9.17, 15) is 14.4 Å². The van der Waals surface area contributed by atoms with Gasteiger partial charge in [0, 0.05) is 18.7 Å². The van der Waals surface area contributed by atoms with Gasteiger partial charge in [-0.3, -0.25) is 9.59 Å². The molecule has 2 aliphatic heterocycles. The van der Waals surface area contributed by atoms with E-state index in [1.54, 1.807) is 4.90 Å². The maximum Gasteiger partial charge on any atom is 0.319 e. The topological polar surface area (TPSA) is 90.5 Å². The van der Waals surface area contributed by atoms with Gasteiger partial charge in [0.2, 0.25) is 11.8 Å². The Hall–Kier alpha value is -3.35. The smallest absolute Gasteiger partial charge is 0.319 e. The highest BCUT2D eigenvalue weighted by Gasteiger charge is 2.48. The number of nitrogens with one attached hydrogen (secondary N) is 3. The maximum atomic E-state index is 12.9. The zero-order valence-corrected chi connectivity index (χ0v) is 16.2. The highest BCUT2D eigenvalue weighted by Crippen LogP contribution is 2.24. The molecule has 2 aliphatic rings. The molecular weight excluding hydrogens is 368 g/mol. The van der Waals surface area contributed by atoms with E-state index in [0.717, 1.165) is 11.1 Å². The van der Waals surface area contributed by atoms with Crippen molar-refractivity contribution in [3.8, 4) is 0 Å². The lowest BCUT2D eigenvalue weighted by atomic mass is 9.99. The fourth-order valence-electron chi connectivity index (χ4n) is 3.99. The minimum atomic E-state index is -0.668. The minimum Gasteiger partial charge on any atom is -0.342 e. The lowest BCUT2D eigenvalue weighted by Gasteiger charge is -2.36. The molecule has 3 N–H and O–H groups in total. The molecule has 2 aromatic carbocycles. The molecule has 0 bridgehead atoms. The van der Waals surface area contributed by atoms with Crippen LogP contribution in [0.2, 0.25) is 0 Å². The highest BCUT2D eigenvalue weighted by atomic mass is 16.2. The summed E-state index contributed by atoms with van der Waals surface area (Å²) in [6.45, 7) is 2.43. The molecule has 2 fully saturated rings. The molecule has 2 aromatic rings. The van der Waals surface area contributed by atoms with Crippen LogP contribution in [-0.4, -0.2) is 47.4 Å². The number of piperazine rings is 1. The quantitative estimate of drug-likeness (QED) is 0.741. The number of urea groups is 1. The van der Waals surface area contributed by atoms with Crippen LogP contribution < -0.4 is 16.0 Å². The molecule has 29 heavy (non-hydrogen) atoms. The van der Waals surface area contributed by atoms with Crippen molar-refractivity contribution >= 4 is 23.5 Å². The summed E-state index contributed by atoms with van der Waals surface area (Å²) in [4.78, 5) is 39.6. The van der Waals surface area contributed by atoms with Crippen LogP contribution in [0.5, 0.6) is 0 Å². The molecule has 7 nitrogen and oxygen atoms in total. The van der Waals surface area contributed by atoms with Crippen LogP contribution in [0, 0.1) is 6.92 Å². The second-order valence-corrected chi connectivity index (χ2v) is 7.59. The van der Waals surface area contributed by atoms with E-state index in [0.29, 0.717) is 25.1 Å². The zero-order valence-electron chi connectivity index (χ0n) is 16.2. The Morgan fingerprint density at radius 1 is 1.10 bits per heavy atom. The Bertz CT molecular complexity index is 913. The molecule has 4 amide bonds. The molecule has 0 aromatic heterocycles. The van der Waals surface area contributed by atoms with E-state index in [4.69, 9.17) is 0 Å². The lowest BCUT2D eigenvalue weighted by Crippen LogP contribution is -2.65. The van der Waals surface area contributed by atoms with Crippen molar-refractivity contribution < 1.29 is 14.4 Å². The van der Waals surface area contributed by atoms with Gasteiger partial charge in [-0.1, -0.05) is 48.0 Å². The third-order valence-electron chi connectivity index (χ3n) is 5.47. The third-order valence-corrected chi connectivity index (χ3v) is 5.47. The number of fused-ring (bicyclic) bond motifs is 1. The summed E-state index contributed by atoms with van der Waals surface area (Å²) >= 11 is 0. The van der Waals surface area contributed by atoms with E-state index in [-0.39, 0.29) is 17.8 Å². The summed E-state index contributed by atoms with van der Waals surface area (Å²) in [6, 6.07) is 15.0. The van der Waals surface area contributed by atoms with E-state index < -0.39 is 18.1 Å². The van der Waals surface area contributed by atoms with Crippen molar-refractivity contribution in [1.82, 2.24) is 15.5 Å². The first-order valence-corrected chi connectivity index (χ1v) is 9.80. The summed E-state index contributed by atoms with van der Waals surface area (Å²) in [6.07, 6.45) is 1.00. The number of hydrogen-bond acceptors (Lipinski definition) is 3. The molecule has 0 spiro atoms. The maximum absolute atomic E-state index is 12.9. The molecule has 2 saturated heterocycles. The SMILES string of the molecule is Cc1ccc(NC(=O)N[C@H]2CCN3C(=O)[C@@H](Cc4ccccc4)NC(=O)[C@H]23)cc1. The van der Waals surface area contributed by atoms with Gasteiger partial charge in [0.15, 0.2) is 0 Å². The van der Waals surface area contributed by atoms with Gasteiger partial charge in [-0.2, -0.15) is 0 Å². The van der Waals surface area contributed by atoms with Gasteiger partial charge in [0.05, 0.1) is 6.04 Å². The lowest BCUT2D eigenvalue weighted by molar-refractivity contribution is -0.147. The Kier molecular flexibility index (Phi) is 5.20. The first kappa shape index (κ1) is 19.0. The van der Waals surface area contributed by atoms with Gasteiger partial charge >= 0.3 is 6.03 Å². The number of nitrogens with zero attached hydrogens (tertiary/aromatic N) is 1. The van der Waals surface area contributed by atoms with Crippen molar-refractivity contribution in [2.24, 2.45) is 0 Å². The molecule has 0 unspecified atom stereocenters. The number of carbonyl (C=O) groups excluding carboxylic acids is 3. The average molecular weight is 392 g/mol. The first-order chi connectivity index (χ1) is 14.0. The summed E-state index contributed by atoms with van der Waals surface area (Å²) in [7, 11) is 0. The highest BCUT2D eigenvalue weighted by molar-refractivity contribution is 5.99. The number of hydrogen-bond donors (Lipinski definition) is 3.